The Morgan fingerprint density at radius 2 is 1.50 bits per heavy atom. The van der Waals surface area contributed by atoms with E-state index in [1.807, 2.05) is 0 Å². The molecular formula is CHAlCaO5. The number of hydrogen-bond donors (Lipinski definition) is 0. The molecule has 0 N–H and O–H groups in total. The van der Waals surface area contributed by atoms with Gasteiger partial charge in [0.05, 0.1) is 0 Å². The Bertz CT molecular complexity index is 56.7. The molecule has 0 unspecified atom stereocenters. The second-order valence-corrected chi connectivity index (χ2v) is 1.31. The van der Waals surface area contributed by atoms with Crippen LogP contribution in [0.2, 0.25) is 0 Å². The first-order valence-corrected chi connectivity index (χ1v) is 2.51. The van der Waals surface area contributed by atoms with Crippen molar-refractivity contribution >= 4 is 59.8 Å². The zero-order valence-corrected chi connectivity index (χ0v) is 7.58. The van der Waals surface area contributed by atoms with Gasteiger partial charge < -0.3 is 22.9 Å². The molecule has 0 aromatic rings. The van der Waals surface area contributed by atoms with Gasteiger partial charge in [0.1, 0.15) is 0 Å². The second-order valence-electron chi connectivity index (χ2n) is 0.604. The van der Waals surface area contributed by atoms with Crippen LogP contribution in [0.25, 0.3) is 0 Å². The molecule has 0 aliphatic carbocycles. The fourth-order valence-corrected chi connectivity index (χ4v) is 0. The summed E-state index contributed by atoms with van der Waals surface area (Å²) in [6.07, 6.45) is -2.33. The molecule has 0 radical (unpaired) electrons. The summed E-state index contributed by atoms with van der Waals surface area (Å²) in [7, 11) is 0. The Hall–Kier alpha value is 0.982. The first kappa shape index (κ1) is 11.7. The number of carbonyl (C=O) groups excluding carboxylic acids is 1. The average Bonchev–Trinajstić information content (AvgIpc) is 2.02. The van der Waals surface area contributed by atoms with Gasteiger partial charge in [0.2, 0.25) is 0 Å². The van der Waals surface area contributed by atoms with E-state index in [1.165, 1.54) is 0 Å². The number of rotatable bonds is 0. The van der Waals surface area contributed by atoms with Gasteiger partial charge >= 0.3 is 53.6 Å². The third kappa shape index (κ3) is 63.6. The van der Waals surface area contributed by atoms with E-state index in [0.29, 0.717) is 0 Å². The largest absolute Gasteiger partial charge is 2.00 e. The van der Waals surface area contributed by atoms with E-state index in [1.54, 1.807) is 0 Å². The van der Waals surface area contributed by atoms with Gasteiger partial charge in [0, 0.05) is 0 Å². The minimum absolute atomic E-state index is 0. The molecule has 1 aliphatic rings. The first-order valence-electron chi connectivity index (χ1n) is 1.36. The molecular weight excluding hydrogens is 159 g/mol. The zero-order valence-electron chi connectivity index (χ0n) is 3.96. The summed E-state index contributed by atoms with van der Waals surface area (Å²) in [5.74, 6) is 0. The van der Waals surface area contributed by atoms with Crippen molar-refractivity contribution in [2.75, 3.05) is 0 Å². The topological polar surface area (TPSA) is 88.2 Å². The van der Waals surface area contributed by atoms with Crippen LogP contribution in [0.4, 0.5) is 4.79 Å². The van der Waals surface area contributed by atoms with Crippen molar-refractivity contribution in [3.63, 3.8) is 0 Å². The number of carboxylic acid groups (broad SMARTS) is 2. The van der Waals surface area contributed by atoms with Crippen molar-refractivity contribution in [2.45, 2.75) is 0 Å². The van der Waals surface area contributed by atoms with Crippen LogP contribution in [0.15, 0.2) is 0 Å². The van der Waals surface area contributed by atoms with E-state index in [2.05, 4.69) is 7.88 Å². The average molecular weight is 160 g/mol. The van der Waals surface area contributed by atoms with E-state index < -0.39 is 6.16 Å². The Morgan fingerprint density at radius 1 is 1.38 bits per heavy atom. The number of carbonyl (C=O) groups is 1. The van der Waals surface area contributed by atoms with Crippen molar-refractivity contribution in [1.29, 1.82) is 0 Å². The smallest absolute Gasteiger partial charge is 0.652 e. The van der Waals surface area contributed by atoms with Gasteiger partial charge in [-0.25, -0.2) is 0 Å². The Kier molecular flexibility index (Phi) is 11.7. The van der Waals surface area contributed by atoms with Crippen molar-refractivity contribution in [1.82, 2.24) is 0 Å². The van der Waals surface area contributed by atoms with Gasteiger partial charge in [0.25, 0.3) is 0 Å². The molecule has 0 amide bonds. The molecule has 0 atom stereocenters. The molecule has 8 heavy (non-hydrogen) atoms. The molecule has 1 aliphatic heterocycles. The standard InChI is InChI=1S/CH2O3.Al.Ca.O2.H/c2-1(3)4;;;1-2;/h(H2,2,3,4);;;;/q;2*+2;-2;/p-2. The predicted molar refractivity (Wildman–Crippen MR) is 20.5 cm³/mol. The van der Waals surface area contributed by atoms with E-state index in [0.717, 1.165) is 0 Å². The van der Waals surface area contributed by atoms with Crippen molar-refractivity contribution in [2.24, 2.45) is 0 Å². The van der Waals surface area contributed by atoms with Crippen LogP contribution in [0.1, 0.15) is 0 Å². The maximum atomic E-state index is 8.33. The Balaban J connectivity index is 0. The molecule has 7 heteroatoms. The van der Waals surface area contributed by atoms with Gasteiger partial charge in [-0.1, -0.05) is 0 Å². The third-order valence-electron chi connectivity index (χ3n) is 0.118. The van der Waals surface area contributed by atoms with Crippen molar-refractivity contribution in [3.05, 3.63) is 0 Å². The molecule has 1 saturated heterocycles. The number of hydrogen-bond acceptors (Lipinski definition) is 5. The van der Waals surface area contributed by atoms with Crippen LogP contribution in [-0.2, 0) is 7.88 Å². The predicted octanol–water partition coefficient (Wildman–Crippen LogP) is -3.61. The van der Waals surface area contributed by atoms with E-state index in [-0.39, 0.29) is 53.6 Å². The maximum Gasteiger partial charge on any atom is 2.00 e. The van der Waals surface area contributed by atoms with Crippen molar-refractivity contribution in [3.8, 4) is 0 Å². The molecule has 5 nitrogen and oxygen atoms in total. The molecule has 1 heterocycles. The summed E-state index contributed by atoms with van der Waals surface area (Å²) < 4.78 is 8.28. The molecule has 0 bridgehead atoms. The summed E-state index contributed by atoms with van der Waals surface area (Å²) in [5.41, 5.74) is 0. The summed E-state index contributed by atoms with van der Waals surface area (Å²) in [5, 5.41) is 16.7. The molecule has 0 saturated carbocycles. The normalized spacial score (nSPS) is 11.0. The SMILES string of the molecule is O=C([O-])[O-].[Ca+2].[O]1[O][AlH]1. The minimum Gasteiger partial charge on any atom is -0.652 e. The van der Waals surface area contributed by atoms with Gasteiger partial charge in [0.15, 0.2) is 0 Å². The molecule has 0 aromatic carbocycles. The molecule has 1 fully saturated rings. The Morgan fingerprint density at radius 3 is 1.50 bits per heavy atom. The first-order chi connectivity index (χ1) is 3.23. The van der Waals surface area contributed by atoms with Gasteiger partial charge in [-0.15, -0.1) is 0 Å². The summed E-state index contributed by atoms with van der Waals surface area (Å²) >= 11 is -0.333. The monoisotopic (exact) mass is 160 g/mol. The second kappa shape index (κ2) is 7.98. The fraction of sp³-hybridized carbons (Fsp3) is 0. The molecule has 40 valence electrons. The van der Waals surface area contributed by atoms with Crippen LogP contribution >= 0.6 is 0 Å². The van der Waals surface area contributed by atoms with Crippen molar-refractivity contribution < 1.29 is 22.9 Å². The minimum atomic E-state index is -2.33. The van der Waals surface area contributed by atoms with Crippen LogP contribution in [-0.4, -0.2) is 59.8 Å². The summed E-state index contributed by atoms with van der Waals surface area (Å²) in [6, 6.07) is 0. The van der Waals surface area contributed by atoms with E-state index in [4.69, 9.17) is 15.0 Å². The third-order valence-corrected chi connectivity index (χ3v) is 0.354. The molecule has 0 spiro atoms. The van der Waals surface area contributed by atoms with Crippen LogP contribution in [0.5, 0.6) is 0 Å². The van der Waals surface area contributed by atoms with Gasteiger partial charge in [-0.2, -0.15) is 0 Å². The van der Waals surface area contributed by atoms with Crippen LogP contribution in [0.3, 0.4) is 0 Å². The van der Waals surface area contributed by atoms with Gasteiger partial charge in [-0.05, 0) is 6.16 Å². The summed E-state index contributed by atoms with van der Waals surface area (Å²) in [4.78, 5) is 8.33. The zero-order chi connectivity index (χ0) is 5.70. The van der Waals surface area contributed by atoms with Crippen LogP contribution in [0, 0.1) is 0 Å². The Labute approximate surface area is 81.9 Å². The summed E-state index contributed by atoms with van der Waals surface area (Å²) in [6.45, 7) is 0. The molecule has 1 rings (SSSR count). The van der Waals surface area contributed by atoms with Crippen LogP contribution < -0.4 is 10.2 Å². The van der Waals surface area contributed by atoms with E-state index >= 15 is 0 Å². The quantitative estimate of drug-likeness (QED) is 0.207. The van der Waals surface area contributed by atoms with Gasteiger partial charge in [-0.3, -0.25) is 0 Å². The fourth-order valence-electron chi connectivity index (χ4n) is 0. The van der Waals surface area contributed by atoms with E-state index in [9.17, 15) is 0 Å². The maximum absolute atomic E-state index is 8.33. The molecule has 0 aromatic heterocycles.